The fraction of sp³-hybridized carbons (Fsp3) is 0.250. The summed E-state index contributed by atoms with van der Waals surface area (Å²) in [5.74, 6) is -0.225. The number of methoxy groups -OCH3 is 1. The van der Waals surface area contributed by atoms with E-state index in [-0.39, 0.29) is 18.1 Å². The largest absolute Gasteiger partial charge is 0.661 e. The lowest BCUT2D eigenvalue weighted by Crippen LogP contribution is -2.69. The first-order valence-electron chi connectivity index (χ1n) is 12.0. The van der Waals surface area contributed by atoms with Gasteiger partial charge in [-0.1, -0.05) is 23.5 Å². The van der Waals surface area contributed by atoms with E-state index in [9.17, 15) is 25.2 Å². The minimum Gasteiger partial charge on any atom is -0.661 e. The normalized spacial score (nSPS) is 27.3. The molecule has 4 heterocycles. The van der Waals surface area contributed by atoms with E-state index in [1.807, 2.05) is 12.1 Å². The van der Waals surface area contributed by atoms with Crippen LogP contribution in [0, 0.1) is 0 Å². The zero-order chi connectivity index (χ0) is 27.3. The highest BCUT2D eigenvalue weighted by atomic mass is 16.7. The van der Waals surface area contributed by atoms with Gasteiger partial charge in [-0.15, -0.1) is 0 Å². The molecule has 202 valence electrons. The quantitative estimate of drug-likeness (QED) is 0.358. The van der Waals surface area contributed by atoms with Crippen LogP contribution in [0.2, 0.25) is 0 Å². The van der Waals surface area contributed by atoms with Gasteiger partial charge in [0.15, 0.2) is 5.60 Å². The van der Waals surface area contributed by atoms with Crippen LogP contribution in [-0.4, -0.2) is 70.3 Å². The Bertz CT molecular complexity index is 1580. The Kier molecular flexibility index (Phi) is 5.98. The van der Waals surface area contributed by atoms with Crippen LogP contribution in [0.25, 0.3) is 23.7 Å². The van der Waals surface area contributed by atoms with Gasteiger partial charge in [0, 0.05) is 11.6 Å². The number of aromatic nitrogens is 1. The van der Waals surface area contributed by atoms with Crippen molar-refractivity contribution in [2.75, 3.05) is 13.7 Å². The molecule has 3 aliphatic heterocycles. The third-order valence-corrected chi connectivity index (χ3v) is 7.04. The second kappa shape index (κ2) is 9.38. The minimum absolute atomic E-state index is 0.0350. The molecule has 11 nitrogen and oxygen atoms in total. The molecule has 11 heteroatoms. The summed E-state index contributed by atoms with van der Waals surface area (Å²) in [5, 5.41) is 43.8. The number of fused-ring (bicyclic) bond motifs is 2. The molecule has 39 heavy (non-hydrogen) atoms. The third-order valence-electron chi connectivity index (χ3n) is 7.04. The molecule has 0 bridgehead atoms. The van der Waals surface area contributed by atoms with E-state index in [1.54, 1.807) is 31.4 Å². The van der Waals surface area contributed by atoms with E-state index >= 15 is 0 Å². The Balaban J connectivity index is 1.26. The predicted octanol–water partition coefficient (Wildman–Crippen LogP) is 0.369. The lowest BCUT2D eigenvalue weighted by atomic mass is 9.82. The van der Waals surface area contributed by atoms with Gasteiger partial charge in [0.05, 0.1) is 18.9 Å². The molecule has 0 unspecified atom stereocenters. The number of carboxylic acids is 1. The average molecular weight is 534 g/mol. The third kappa shape index (κ3) is 4.07. The van der Waals surface area contributed by atoms with E-state index in [4.69, 9.17) is 23.7 Å². The van der Waals surface area contributed by atoms with Crippen molar-refractivity contribution in [3.63, 3.8) is 0 Å². The van der Waals surface area contributed by atoms with Crippen molar-refractivity contribution in [1.82, 2.24) is 4.98 Å². The Morgan fingerprint density at radius 3 is 2.62 bits per heavy atom. The maximum Gasteiger partial charge on any atom is 0.337 e. The van der Waals surface area contributed by atoms with Crippen molar-refractivity contribution in [1.29, 1.82) is 0 Å². The predicted molar refractivity (Wildman–Crippen MR) is 135 cm³/mol. The van der Waals surface area contributed by atoms with E-state index < -0.39 is 36.2 Å². The van der Waals surface area contributed by atoms with E-state index in [2.05, 4.69) is 4.98 Å². The highest BCUT2D eigenvalue weighted by Crippen LogP contribution is 2.40. The average Bonchev–Trinajstić information content (AvgIpc) is 3.41. The maximum atomic E-state index is 12.2. The van der Waals surface area contributed by atoms with Gasteiger partial charge in [-0.2, -0.15) is 6.20 Å². The molecule has 1 fully saturated rings. The van der Waals surface area contributed by atoms with Crippen molar-refractivity contribution < 1.29 is 48.9 Å². The second-order valence-electron chi connectivity index (χ2n) is 9.30. The van der Waals surface area contributed by atoms with Crippen LogP contribution in [0.1, 0.15) is 11.1 Å². The van der Waals surface area contributed by atoms with Gasteiger partial charge in [0.1, 0.15) is 41.8 Å². The number of benzene rings is 2. The highest BCUT2D eigenvalue weighted by Gasteiger charge is 2.60. The number of hydrogen-bond donors (Lipinski definition) is 4. The topological polar surface area (TPSA) is 158 Å². The molecular weight excluding hydrogens is 510 g/mol. The van der Waals surface area contributed by atoms with Crippen LogP contribution >= 0.6 is 0 Å². The molecule has 0 saturated carbocycles. The molecule has 3 aliphatic rings. The first-order valence-corrected chi connectivity index (χ1v) is 12.0. The molecule has 0 aliphatic carbocycles. The molecule has 5 atom stereocenters. The molecule has 2 aromatic carbocycles. The lowest BCUT2D eigenvalue weighted by Gasteiger charge is -2.47. The Hall–Kier alpha value is -4.45. The van der Waals surface area contributed by atoms with Crippen LogP contribution in [0.4, 0.5) is 0 Å². The number of hydrogen-bond acceptors (Lipinski definition) is 9. The smallest absolute Gasteiger partial charge is 0.337 e. The standard InChI is InChI=1S/C28H24NO10/c1-35-16-4-2-14(3-5-16)19-12-36-21-10-17(6-7-18(21)22(19)30)38-27-23(31)24(32)28(25(39-27)26(33)34)11-15-8-9-29-20(15)13-37-28/h2-11,13,23-25,27,30-32H,12H2,1H3,(H,33,34)/q-1/t23-,24-,25-,27-,28+/m1/s1. The summed E-state index contributed by atoms with van der Waals surface area (Å²) >= 11 is 0. The fourth-order valence-corrected chi connectivity index (χ4v) is 4.96. The molecule has 1 saturated heterocycles. The monoisotopic (exact) mass is 534 g/mol. The summed E-state index contributed by atoms with van der Waals surface area (Å²) in [6, 6.07) is 13.4. The fourth-order valence-electron chi connectivity index (χ4n) is 4.96. The Labute approximate surface area is 221 Å². The second-order valence-corrected chi connectivity index (χ2v) is 9.30. The molecule has 1 aromatic heterocycles. The SMILES string of the molecule is COc1ccc(C2=C(O)c3ccc(O[C@@H]4O[C@H](C(=O)O)[C@]5(C=c6cc[n-]c6=CO5)[C@H](O)[C@H]4O)cc3OC2)cc1. The van der Waals surface area contributed by atoms with Crippen LogP contribution in [0.3, 0.4) is 0 Å². The van der Waals surface area contributed by atoms with Gasteiger partial charge < -0.3 is 49.1 Å². The summed E-state index contributed by atoms with van der Waals surface area (Å²) in [4.78, 5) is 16.3. The molecule has 0 radical (unpaired) electrons. The number of carboxylic acid groups (broad SMARTS) is 1. The van der Waals surface area contributed by atoms with Crippen molar-refractivity contribution in [3.8, 4) is 17.2 Å². The van der Waals surface area contributed by atoms with Crippen molar-refractivity contribution >= 4 is 29.6 Å². The van der Waals surface area contributed by atoms with Gasteiger partial charge in [0.25, 0.3) is 0 Å². The number of rotatable bonds is 5. The molecule has 6 rings (SSSR count). The summed E-state index contributed by atoms with van der Waals surface area (Å²) in [6.07, 6.45) is -2.53. The number of aliphatic hydroxyl groups is 3. The first kappa shape index (κ1) is 24.9. The van der Waals surface area contributed by atoms with E-state index in [1.165, 1.54) is 30.7 Å². The Morgan fingerprint density at radius 1 is 1.10 bits per heavy atom. The van der Waals surface area contributed by atoms with Crippen LogP contribution in [0.15, 0.2) is 54.7 Å². The van der Waals surface area contributed by atoms with Gasteiger partial charge >= 0.3 is 5.97 Å². The van der Waals surface area contributed by atoms with Crippen molar-refractivity contribution in [3.05, 3.63) is 76.4 Å². The van der Waals surface area contributed by atoms with Crippen LogP contribution in [-0.2, 0) is 14.3 Å². The number of nitrogens with zero attached hydrogens (tertiary/aromatic N) is 1. The number of carbonyl (C=O) groups is 1. The number of aliphatic carboxylic acids is 1. The van der Waals surface area contributed by atoms with Gasteiger partial charge in [-0.3, -0.25) is 0 Å². The zero-order valence-electron chi connectivity index (χ0n) is 20.6. The number of ether oxygens (including phenoxy) is 5. The summed E-state index contributed by atoms with van der Waals surface area (Å²) < 4.78 is 28.1. The molecule has 4 N–H and O–H groups in total. The highest BCUT2D eigenvalue weighted by molar-refractivity contribution is 5.91. The molecule has 3 aromatic rings. The maximum absolute atomic E-state index is 12.2. The van der Waals surface area contributed by atoms with Crippen molar-refractivity contribution in [2.24, 2.45) is 0 Å². The first-order chi connectivity index (χ1) is 18.8. The van der Waals surface area contributed by atoms with Crippen molar-refractivity contribution in [2.45, 2.75) is 30.2 Å². The zero-order valence-corrected chi connectivity index (χ0v) is 20.6. The summed E-state index contributed by atoms with van der Waals surface area (Å²) in [6.45, 7) is 0.0851. The molecule has 1 spiro atoms. The van der Waals surface area contributed by atoms with E-state index in [0.29, 0.717) is 33.2 Å². The molecular formula is C28H24NO10-. The summed E-state index contributed by atoms with van der Waals surface area (Å²) in [7, 11) is 1.57. The Morgan fingerprint density at radius 2 is 1.87 bits per heavy atom. The van der Waals surface area contributed by atoms with Gasteiger partial charge in [0.2, 0.25) is 12.4 Å². The minimum atomic E-state index is -1.90. The summed E-state index contributed by atoms with van der Waals surface area (Å²) in [5.41, 5.74) is -0.121. The molecule has 0 amide bonds. The van der Waals surface area contributed by atoms with Crippen LogP contribution < -0.4 is 29.8 Å². The lowest BCUT2D eigenvalue weighted by molar-refractivity contribution is -0.286. The van der Waals surface area contributed by atoms with Gasteiger partial charge in [-0.05, 0) is 41.1 Å². The van der Waals surface area contributed by atoms with Crippen LogP contribution in [0.5, 0.6) is 17.2 Å². The number of aliphatic hydroxyl groups excluding tert-OH is 3. The van der Waals surface area contributed by atoms with E-state index in [0.717, 1.165) is 5.56 Å². The van der Waals surface area contributed by atoms with Gasteiger partial charge in [-0.25, -0.2) is 4.79 Å².